The van der Waals surface area contributed by atoms with Crippen LogP contribution in [0.5, 0.6) is 0 Å². The highest BCUT2D eigenvalue weighted by molar-refractivity contribution is 5.00. The van der Waals surface area contributed by atoms with Crippen LogP contribution in [0.15, 0.2) is 12.2 Å². The van der Waals surface area contributed by atoms with Crippen LogP contribution in [-0.2, 0) is 0 Å². The quantitative estimate of drug-likeness (QED) is 0.392. The third-order valence-corrected chi connectivity index (χ3v) is 0.828. The average Bonchev–Trinajstić information content (AvgIpc) is 1.62. The highest BCUT2D eigenvalue weighted by Gasteiger charge is 2.29. The van der Waals surface area contributed by atoms with E-state index in [2.05, 4.69) is 6.58 Å². The van der Waals surface area contributed by atoms with Gasteiger partial charge < -0.3 is 0 Å². The van der Waals surface area contributed by atoms with E-state index in [0.717, 1.165) is 0 Å². The maximum absolute atomic E-state index is 11.3. The second-order valence-corrected chi connectivity index (χ2v) is 1.45. The van der Waals surface area contributed by atoms with Crippen molar-refractivity contribution in [2.75, 3.05) is 0 Å². The lowest BCUT2D eigenvalue weighted by Gasteiger charge is -2.05. The van der Waals surface area contributed by atoms with Gasteiger partial charge in [0.25, 0.3) is 0 Å². The zero-order chi connectivity index (χ0) is 6.78. The summed E-state index contributed by atoms with van der Waals surface area (Å²) in [7, 11) is 0. The van der Waals surface area contributed by atoms with Gasteiger partial charge in [-0.05, 0) is 6.42 Å². The fourth-order valence-corrected chi connectivity index (χ4v) is 0.200. The highest BCUT2D eigenvalue weighted by Crippen LogP contribution is 2.25. The van der Waals surface area contributed by atoms with Crippen molar-refractivity contribution in [3.63, 3.8) is 0 Å². The van der Waals surface area contributed by atoms with Gasteiger partial charge in [0.15, 0.2) is 0 Å². The topological polar surface area (TPSA) is 0 Å². The standard InChI is InChI=1S/C5H7F3.FH/c1-3-4(2)5(6,7)8;/h2-3H2,1H3;1H. The average molecular weight is 144 g/mol. The smallest absolute Gasteiger partial charge is 0.269 e. The SMILES string of the molecule is C=C(CC)C(F)(F)F.F. The Hall–Kier alpha value is -0.540. The van der Waals surface area contributed by atoms with Gasteiger partial charge in [-0.2, -0.15) is 13.2 Å². The van der Waals surface area contributed by atoms with Gasteiger partial charge in [0, 0.05) is 5.57 Å². The third-order valence-electron chi connectivity index (χ3n) is 0.828. The van der Waals surface area contributed by atoms with Crippen molar-refractivity contribution in [1.29, 1.82) is 0 Å². The molecule has 4 heteroatoms. The van der Waals surface area contributed by atoms with Crippen LogP contribution in [0.3, 0.4) is 0 Å². The molecule has 0 N–H and O–H groups in total. The molecule has 0 heterocycles. The molecule has 0 aromatic heterocycles. The molecule has 0 rings (SSSR count). The lowest BCUT2D eigenvalue weighted by atomic mass is 10.2. The maximum Gasteiger partial charge on any atom is 0.412 e. The van der Waals surface area contributed by atoms with Crippen LogP contribution in [0.1, 0.15) is 13.3 Å². The normalized spacial score (nSPS) is 10.2. The summed E-state index contributed by atoms with van der Waals surface area (Å²) in [4.78, 5) is 0. The number of allylic oxidation sites excluding steroid dienone is 1. The molecule has 0 radical (unpaired) electrons. The summed E-state index contributed by atoms with van der Waals surface area (Å²) in [5.74, 6) is 0. The Morgan fingerprint density at radius 3 is 1.78 bits per heavy atom. The highest BCUT2D eigenvalue weighted by atomic mass is 19.4. The van der Waals surface area contributed by atoms with Crippen LogP contribution >= 0.6 is 0 Å². The molecular formula is C5H8F4. The minimum atomic E-state index is -4.19. The zero-order valence-corrected chi connectivity index (χ0v) is 4.96. The fourth-order valence-electron chi connectivity index (χ4n) is 0.200. The number of hydrogen-bond donors (Lipinski definition) is 0. The molecule has 0 aliphatic heterocycles. The molecule has 0 fully saturated rings. The zero-order valence-electron chi connectivity index (χ0n) is 4.96. The minimum Gasteiger partial charge on any atom is -0.269 e. The Morgan fingerprint density at radius 1 is 1.44 bits per heavy atom. The van der Waals surface area contributed by atoms with E-state index >= 15 is 0 Å². The Morgan fingerprint density at radius 2 is 1.78 bits per heavy atom. The van der Waals surface area contributed by atoms with Crippen molar-refractivity contribution in [2.24, 2.45) is 0 Å². The maximum atomic E-state index is 11.3. The van der Waals surface area contributed by atoms with Gasteiger partial charge in [0.05, 0.1) is 0 Å². The summed E-state index contributed by atoms with van der Waals surface area (Å²) in [5, 5.41) is 0. The van der Waals surface area contributed by atoms with Crippen LogP contribution in [0.25, 0.3) is 0 Å². The molecule has 0 aromatic rings. The molecule has 0 bridgehead atoms. The molecule has 9 heavy (non-hydrogen) atoms. The molecule has 0 amide bonds. The van der Waals surface area contributed by atoms with E-state index in [1.54, 1.807) is 0 Å². The molecule has 56 valence electrons. The van der Waals surface area contributed by atoms with Crippen molar-refractivity contribution in [1.82, 2.24) is 0 Å². The van der Waals surface area contributed by atoms with E-state index in [9.17, 15) is 13.2 Å². The first-order valence-electron chi connectivity index (χ1n) is 2.23. The molecular weight excluding hydrogens is 136 g/mol. The summed E-state index contributed by atoms with van der Waals surface area (Å²) < 4.78 is 34.0. The molecule has 0 spiro atoms. The molecule has 0 aromatic carbocycles. The predicted molar refractivity (Wildman–Crippen MR) is 28.0 cm³/mol. The van der Waals surface area contributed by atoms with Crippen LogP contribution < -0.4 is 0 Å². The minimum absolute atomic E-state index is 0. The third kappa shape index (κ3) is 4.00. The van der Waals surface area contributed by atoms with E-state index < -0.39 is 11.7 Å². The number of hydrogen-bond acceptors (Lipinski definition) is 0. The Balaban J connectivity index is 0. The summed E-state index contributed by atoms with van der Waals surface area (Å²) in [6.45, 7) is 4.25. The molecule has 0 nitrogen and oxygen atoms in total. The van der Waals surface area contributed by atoms with E-state index in [1.807, 2.05) is 0 Å². The fraction of sp³-hybridized carbons (Fsp3) is 0.600. The number of alkyl halides is 3. The lowest BCUT2D eigenvalue weighted by Crippen LogP contribution is -2.09. The van der Waals surface area contributed by atoms with E-state index in [-0.39, 0.29) is 11.1 Å². The first kappa shape index (κ1) is 11.3. The lowest BCUT2D eigenvalue weighted by molar-refractivity contribution is -0.0931. The second kappa shape index (κ2) is 3.48. The van der Waals surface area contributed by atoms with Crippen molar-refractivity contribution in [2.45, 2.75) is 19.5 Å². The summed E-state index contributed by atoms with van der Waals surface area (Å²) in [5.41, 5.74) is -0.669. The van der Waals surface area contributed by atoms with Crippen molar-refractivity contribution in [3.8, 4) is 0 Å². The van der Waals surface area contributed by atoms with E-state index in [0.29, 0.717) is 0 Å². The van der Waals surface area contributed by atoms with Crippen molar-refractivity contribution >= 4 is 0 Å². The Labute approximate surface area is 50.7 Å². The predicted octanol–water partition coefficient (Wildman–Crippen LogP) is 2.67. The summed E-state index contributed by atoms with van der Waals surface area (Å²) in [6, 6.07) is 0. The van der Waals surface area contributed by atoms with E-state index in [1.165, 1.54) is 6.92 Å². The summed E-state index contributed by atoms with van der Waals surface area (Å²) >= 11 is 0. The molecule has 0 saturated heterocycles. The second-order valence-electron chi connectivity index (χ2n) is 1.45. The van der Waals surface area contributed by atoms with Crippen LogP contribution in [0.2, 0.25) is 0 Å². The Bertz CT molecular complexity index is 91.6. The first-order valence-corrected chi connectivity index (χ1v) is 2.23. The largest absolute Gasteiger partial charge is 0.412 e. The molecule has 0 aliphatic carbocycles. The van der Waals surface area contributed by atoms with Gasteiger partial charge in [0.2, 0.25) is 0 Å². The number of halogens is 4. The monoisotopic (exact) mass is 144 g/mol. The first-order chi connectivity index (χ1) is 3.48. The molecule has 0 atom stereocenters. The van der Waals surface area contributed by atoms with Crippen molar-refractivity contribution in [3.05, 3.63) is 12.2 Å². The van der Waals surface area contributed by atoms with Gasteiger partial charge in [-0.15, -0.1) is 0 Å². The van der Waals surface area contributed by atoms with Gasteiger partial charge in [-0.3, -0.25) is 4.70 Å². The van der Waals surface area contributed by atoms with Gasteiger partial charge >= 0.3 is 6.18 Å². The van der Waals surface area contributed by atoms with Crippen LogP contribution in [0, 0.1) is 0 Å². The van der Waals surface area contributed by atoms with Crippen LogP contribution in [-0.4, -0.2) is 6.18 Å². The van der Waals surface area contributed by atoms with E-state index in [4.69, 9.17) is 0 Å². The van der Waals surface area contributed by atoms with Gasteiger partial charge in [0.1, 0.15) is 0 Å². The number of rotatable bonds is 1. The van der Waals surface area contributed by atoms with Gasteiger partial charge in [-0.25, -0.2) is 0 Å². The summed E-state index contributed by atoms with van der Waals surface area (Å²) in [6.07, 6.45) is -4.21. The molecule has 0 saturated carbocycles. The Kier molecular flexibility index (Phi) is 4.36. The van der Waals surface area contributed by atoms with Gasteiger partial charge in [-0.1, -0.05) is 13.5 Å². The van der Waals surface area contributed by atoms with Crippen molar-refractivity contribution < 1.29 is 17.9 Å². The molecule has 0 unspecified atom stereocenters. The molecule has 0 aliphatic rings. The van der Waals surface area contributed by atoms with Crippen LogP contribution in [0.4, 0.5) is 17.9 Å².